The lowest BCUT2D eigenvalue weighted by Crippen LogP contribution is -2.45. The molecule has 1 N–H and O–H groups in total. The molecule has 1 aromatic heterocycles. The van der Waals surface area contributed by atoms with Crippen molar-refractivity contribution in [1.82, 2.24) is 19.8 Å². The first-order chi connectivity index (χ1) is 17.7. The molecule has 3 aromatic rings. The highest BCUT2D eigenvalue weighted by atomic mass is 32.2. The van der Waals surface area contributed by atoms with E-state index in [0.29, 0.717) is 30.4 Å². The van der Waals surface area contributed by atoms with Gasteiger partial charge in [0.2, 0.25) is 15.0 Å². The SMILES string of the molecule is CC(C)NC(=S)N(Cc1cnc(S(=O)(=O)Cc2ccccc2F)n1Cc1ccccc1)CC1CCCO1. The minimum atomic E-state index is -3.94. The molecule has 0 aliphatic carbocycles. The molecule has 1 unspecified atom stereocenters. The van der Waals surface area contributed by atoms with E-state index in [4.69, 9.17) is 17.0 Å². The maximum Gasteiger partial charge on any atom is 0.228 e. The van der Waals surface area contributed by atoms with Gasteiger partial charge in [0.15, 0.2) is 5.11 Å². The van der Waals surface area contributed by atoms with E-state index in [9.17, 15) is 12.8 Å². The average Bonchev–Trinajstić information content (AvgIpc) is 3.51. The first-order valence-corrected chi connectivity index (χ1v) is 14.5. The van der Waals surface area contributed by atoms with E-state index >= 15 is 0 Å². The largest absolute Gasteiger partial charge is 0.376 e. The molecular weight excluding hydrogens is 511 g/mol. The molecule has 10 heteroatoms. The van der Waals surface area contributed by atoms with E-state index in [-0.39, 0.29) is 22.9 Å². The summed E-state index contributed by atoms with van der Waals surface area (Å²) < 4.78 is 48.9. The summed E-state index contributed by atoms with van der Waals surface area (Å²) in [4.78, 5) is 6.36. The lowest BCUT2D eigenvalue weighted by Gasteiger charge is -2.29. The fourth-order valence-corrected chi connectivity index (χ4v) is 6.25. The number of rotatable bonds is 10. The van der Waals surface area contributed by atoms with Crippen molar-refractivity contribution in [3.8, 4) is 0 Å². The van der Waals surface area contributed by atoms with Crippen molar-refractivity contribution in [3.05, 3.63) is 83.4 Å². The summed E-state index contributed by atoms with van der Waals surface area (Å²) in [7, 11) is -3.94. The Bertz CT molecular complexity index is 1310. The molecule has 1 aliphatic rings. The highest BCUT2D eigenvalue weighted by Crippen LogP contribution is 2.22. The van der Waals surface area contributed by atoms with Crippen molar-refractivity contribution in [2.75, 3.05) is 13.2 Å². The summed E-state index contributed by atoms with van der Waals surface area (Å²) in [6, 6.07) is 15.7. The summed E-state index contributed by atoms with van der Waals surface area (Å²) in [5.74, 6) is -1.03. The van der Waals surface area contributed by atoms with Crippen LogP contribution in [0.5, 0.6) is 0 Å². The van der Waals surface area contributed by atoms with Crippen LogP contribution < -0.4 is 5.32 Å². The van der Waals surface area contributed by atoms with Crippen LogP contribution in [0.15, 0.2) is 66.0 Å². The Kier molecular flexibility index (Phi) is 8.94. The minimum absolute atomic E-state index is 0.0571. The number of thiocarbonyl (C=S) groups is 1. The summed E-state index contributed by atoms with van der Waals surface area (Å²) in [5.41, 5.74) is 1.74. The van der Waals surface area contributed by atoms with Crippen LogP contribution in [0.2, 0.25) is 0 Å². The van der Waals surface area contributed by atoms with Gasteiger partial charge in [0.25, 0.3) is 0 Å². The average molecular weight is 545 g/mol. The molecule has 1 saturated heterocycles. The number of nitrogens with one attached hydrogen (secondary N) is 1. The third-order valence-electron chi connectivity index (χ3n) is 6.17. The third-order valence-corrected chi connectivity index (χ3v) is 8.12. The monoisotopic (exact) mass is 544 g/mol. The molecule has 0 spiro atoms. The normalized spacial score (nSPS) is 15.7. The maximum atomic E-state index is 14.3. The zero-order valence-corrected chi connectivity index (χ0v) is 22.8. The molecule has 0 amide bonds. The van der Waals surface area contributed by atoms with Crippen molar-refractivity contribution < 1.29 is 17.5 Å². The van der Waals surface area contributed by atoms with Gasteiger partial charge in [0.05, 0.1) is 36.8 Å². The topological polar surface area (TPSA) is 76.5 Å². The molecule has 0 saturated carbocycles. The van der Waals surface area contributed by atoms with Gasteiger partial charge in [0, 0.05) is 24.8 Å². The van der Waals surface area contributed by atoms with Crippen LogP contribution >= 0.6 is 12.2 Å². The van der Waals surface area contributed by atoms with Gasteiger partial charge >= 0.3 is 0 Å². The lowest BCUT2D eigenvalue weighted by molar-refractivity contribution is 0.0891. The van der Waals surface area contributed by atoms with Crippen LogP contribution in [-0.4, -0.2) is 53.3 Å². The van der Waals surface area contributed by atoms with Crippen LogP contribution in [0.3, 0.4) is 0 Å². The molecule has 1 aliphatic heterocycles. The molecule has 2 aromatic carbocycles. The zero-order valence-electron chi connectivity index (χ0n) is 21.1. The minimum Gasteiger partial charge on any atom is -0.376 e. The molecule has 2 heterocycles. The quantitative estimate of drug-likeness (QED) is 0.381. The van der Waals surface area contributed by atoms with Gasteiger partial charge in [0.1, 0.15) is 5.82 Å². The second kappa shape index (κ2) is 12.1. The smallest absolute Gasteiger partial charge is 0.228 e. The Morgan fingerprint density at radius 1 is 1.22 bits per heavy atom. The molecule has 4 rings (SSSR count). The molecule has 1 fully saturated rings. The van der Waals surface area contributed by atoms with Gasteiger partial charge in [-0.15, -0.1) is 0 Å². The summed E-state index contributed by atoms with van der Waals surface area (Å²) >= 11 is 5.71. The van der Waals surface area contributed by atoms with Gasteiger partial charge in [-0.1, -0.05) is 48.5 Å². The molecule has 7 nitrogen and oxygen atoms in total. The van der Waals surface area contributed by atoms with Gasteiger partial charge in [-0.25, -0.2) is 17.8 Å². The number of benzene rings is 2. The van der Waals surface area contributed by atoms with E-state index in [0.717, 1.165) is 25.0 Å². The van der Waals surface area contributed by atoms with E-state index in [1.165, 1.54) is 18.2 Å². The number of imidazole rings is 1. The summed E-state index contributed by atoms with van der Waals surface area (Å²) in [6.45, 7) is 6.01. The van der Waals surface area contributed by atoms with Gasteiger partial charge in [-0.05, 0) is 50.5 Å². The van der Waals surface area contributed by atoms with Crippen LogP contribution in [-0.2, 0) is 33.4 Å². The molecule has 37 heavy (non-hydrogen) atoms. The number of nitrogens with zero attached hydrogens (tertiary/aromatic N) is 3. The fraction of sp³-hybridized carbons (Fsp3) is 0.407. The number of sulfone groups is 1. The van der Waals surface area contributed by atoms with Gasteiger partial charge in [-0.3, -0.25) is 0 Å². The van der Waals surface area contributed by atoms with Gasteiger partial charge in [-0.2, -0.15) is 0 Å². The standard InChI is InChI=1S/C27H33FN4O3S2/c1-20(2)30-26(36)31(18-24-12-8-14-35-24)17-23-15-29-27(32(23)16-21-9-4-3-5-10-21)37(33,34)19-22-11-6-7-13-25(22)28/h3-7,9-11,13,15,20,24H,8,12,14,16-19H2,1-2H3,(H,30,36). The predicted octanol–water partition coefficient (Wildman–Crippen LogP) is 4.31. The Hall–Kier alpha value is -2.82. The Morgan fingerprint density at radius 3 is 2.62 bits per heavy atom. The summed E-state index contributed by atoms with van der Waals surface area (Å²) in [5, 5.41) is 3.78. The molecule has 0 bridgehead atoms. The molecule has 1 atom stereocenters. The molecule has 0 radical (unpaired) electrons. The third kappa shape index (κ3) is 7.15. The number of ether oxygens (including phenoxy) is 1. The second-order valence-electron chi connectivity index (χ2n) is 9.57. The molecular formula is C27H33FN4O3S2. The van der Waals surface area contributed by atoms with Crippen molar-refractivity contribution in [1.29, 1.82) is 0 Å². The maximum absolute atomic E-state index is 14.3. The number of aromatic nitrogens is 2. The Morgan fingerprint density at radius 2 is 1.95 bits per heavy atom. The predicted molar refractivity (Wildman–Crippen MR) is 145 cm³/mol. The van der Waals surface area contributed by atoms with Crippen LogP contribution in [0.1, 0.15) is 43.5 Å². The van der Waals surface area contributed by atoms with Gasteiger partial charge < -0.3 is 19.5 Å². The van der Waals surface area contributed by atoms with Crippen molar-refractivity contribution in [2.24, 2.45) is 0 Å². The van der Waals surface area contributed by atoms with E-state index < -0.39 is 21.4 Å². The van der Waals surface area contributed by atoms with Crippen molar-refractivity contribution in [2.45, 2.75) is 62.8 Å². The van der Waals surface area contributed by atoms with Crippen molar-refractivity contribution in [3.63, 3.8) is 0 Å². The van der Waals surface area contributed by atoms with E-state index in [1.54, 1.807) is 16.8 Å². The highest BCUT2D eigenvalue weighted by molar-refractivity contribution is 7.90. The Balaban J connectivity index is 1.69. The number of hydrogen-bond donors (Lipinski definition) is 1. The first-order valence-electron chi connectivity index (χ1n) is 12.4. The van der Waals surface area contributed by atoms with Crippen molar-refractivity contribution >= 4 is 27.2 Å². The highest BCUT2D eigenvalue weighted by Gasteiger charge is 2.28. The van der Waals surface area contributed by atoms with E-state index in [2.05, 4.69) is 10.3 Å². The first kappa shape index (κ1) is 27.2. The lowest BCUT2D eigenvalue weighted by atomic mass is 10.2. The molecule has 198 valence electrons. The van der Waals surface area contributed by atoms with Crippen LogP contribution in [0.25, 0.3) is 0 Å². The second-order valence-corrected chi connectivity index (χ2v) is 11.8. The number of halogens is 1. The van der Waals surface area contributed by atoms with Crippen LogP contribution in [0, 0.1) is 5.82 Å². The zero-order chi connectivity index (χ0) is 26.4. The van der Waals surface area contributed by atoms with E-state index in [1.807, 2.05) is 49.1 Å². The fourth-order valence-electron chi connectivity index (χ4n) is 4.37. The van der Waals surface area contributed by atoms with Crippen LogP contribution in [0.4, 0.5) is 4.39 Å². The summed E-state index contributed by atoms with van der Waals surface area (Å²) in [6.07, 6.45) is 3.60. The Labute approximate surface area is 223 Å². The number of hydrogen-bond acceptors (Lipinski definition) is 5.